The average molecular weight is 244 g/mol. The van der Waals surface area contributed by atoms with E-state index in [1.54, 1.807) is 6.20 Å². The molecule has 6 nitrogen and oxygen atoms in total. The maximum Gasteiger partial charge on any atom is 0.222 e. The molecular weight excluding hydrogens is 228 g/mol. The molecule has 0 aliphatic heterocycles. The van der Waals surface area contributed by atoms with E-state index in [1.165, 1.54) is 25.7 Å². The third-order valence-electron chi connectivity index (χ3n) is 4.36. The van der Waals surface area contributed by atoms with Gasteiger partial charge in [0, 0.05) is 6.54 Å². The Morgan fingerprint density at radius 3 is 2.78 bits per heavy atom. The van der Waals surface area contributed by atoms with E-state index >= 15 is 0 Å². The summed E-state index contributed by atoms with van der Waals surface area (Å²) in [6.45, 7) is 0.919. The molecule has 0 amide bonds. The van der Waals surface area contributed by atoms with Gasteiger partial charge in [-0.15, -0.1) is 0 Å². The molecule has 0 bridgehead atoms. The number of nitrogen functional groups attached to an aromatic ring is 2. The van der Waals surface area contributed by atoms with Crippen molar-refractivity contribution < 1.29 is 0 Å². The minimum absolute atomic E-state index is 0.208. The highest BCUT2D eigenvalue weighted by Gasteiger charge is 2.52. The van der Waals surface area contributed by atoms with Gasteiger partial charge >= 0.3 is 0 Å². The van der Waals surface area contributed by atoms with Crippen molar-refractivity contribution in [2.45, 2.75) is 32.2 Å². The summed E-state index contributed by atoms with van der Waals surface area (Å²) >= 11 is 0. The van der Waals surface area contributed by atoms with Crippen LogP contribution in [0, 0.1) is 11.3 Å². The summed E-state index contributed by atoms with van der Waals surface area (Å²) in [4.78, 5) is 8.16. The highest BCUT2D eigenvalue weighted by atomic mass is 15.3. The van der Waals surface area contributed by atoms with Crippen LogP contribution in [0.1, 0.15) is 25.7 Å². The second kappa shape index (κ2) is 3.13. The Morgan fingerprint density at radius 2 is 2.06 bits per heavy atom. The van der Waals surface area contributed by atoms with Crippen LogP contribution in [0.3, 0.4) is 0 Å². The van der Waals surface area contributed by atoms with E-state index in [0.29, 0.717) is 5.82 Å². The monoisotopic (exact) mass is 244 g/mol. The van der Waals surface area contributed by atoms with Crippen molar-refractivity contribution in [3.05, 3.63) is 6.20 Å². The quantitative estimate of drug-likeness (QED) is 0.827. The van der Waals surface area contributed by atoms with Crippen molar-refractivity contribution in [2.75, 3.05) is 11.5 Å². The molecule has 2 fully saturated rings. The molecule has 2 aromatic rings. The van der Waals surface area contributed by atoms with Crippen LogP contribution in [0.25, 0.3) is 11.0 Å². The highest BCUT2D eigenvalue weighted by Crippen LogP contribution is 2.63. The van der Waals surface area contributed by atoms with Gasteiger partial charge in [0.2, 0.25) is 5.95 Å². The zero-order valence-corrected chi connectivity index (χ0v) is 10.1. The Labute approximate surface area is 104 Å². The van der Waals surface area contributed by atoms with E-state index in [2.05, 4.69) is 15.1 Å². The van der Waals surface area contributed by atoms with Crippen molar-refractivity contribution >= 4 is 22.8 Å². The molecule has 1 spiro atoms. The topological polar surface area (TPSA) is 95.6 Å². The molecule has 2 aliphatic rings. The number of anilines is 2. The van der Waals surface area contributed by atoms with E-state index in [-0.39, 0.29) is 5.95 Å². The number of aromatic nitrogens is 4. The average Bonchev–Trinajstić information content (AvgIpc) is 2.94. The summed E-state index contributed by atoms with van der Waals surface area (Å²) in [5.74, 6) is 1.36. The second-order valence-corrected chi connectivity index (χ2v) is 5.80. The van der Waals surface area contributed by atoms with Crippen LogP contribution in [0.5, 0.6) is 0 Å². The molecule has 94 valence electrons. The number of nitrogens with two attached hydrogens (primary N) is 2. The van der Waals surface area contributed by atoms with Gasteiger partial charge in [-0.2, -0.15) is 10.1 Å². The number of rotatable bonds is 2. The summed E-state index contributed by atoms with van der Waals surface area (Å²) in [5.41, 5.74) is 13.8. The highest BCUT2D eigenvalue weighted by molar-refractivity contribution is 5.85. The fraction of sp³-hybridized carbons (Fsp3) is 0.583. The lowest BCUT2D eigenvalue weighted by molar-refractivity contribution is 0.145. The predicted octanol–water partition coefficient (Wildman–Crippen LogP) is 1.18. The van der Waals surface area contributed by atoms with Gasteiger partial charge in [-0.3, -0.25) is 4.68 Å². The molecule has 0 unspecified atom stereocenters. The van der Waals surface area contributed by atoms with Gasteiger partial charge in [0.1, 0.15) is 11.0 Å². The Bertz CT molecular complexity index is 619. The lowest BCUT2D eigenvalue weighted by Crippen LogP contribution is -2.29. The third-order valence-corrected chi connectivity index (χ3v) is 4.36. The number of hydrogen-bond acceptors (Lipinski definition) is 5. The van der Waals surface area contributed by atoms with Crippen molar-refractivity contribution in [3.63, 3.8) is 0 Å². The maximum absolute atomic E-state index is 5.91. The molecular formula is C12H16N6. The molecule has 4 N–H and O–H groups in total. The minimum Gasteiger partial charge on any atom is -0.382 e. The predicted molar refractivity (Wildman–Crippen MR) is 68.5 cm³/mol. The van der Waals surface area contributed by atoms with Crippen LogP contribution in [-0.2, 0) is 6.54 Å². The molecule has 2 saturated carbocycles. The number of hydrogen-bond donors (Lipinski definition) is 2. The van der Waals surface area contributed by atoms with Gasteiger partial charge in [-0.1, -0.05) is 0 Å². The normalized spacial score (nSPS) is 21.3. The largest absolute Gasteiger partial charge is 0.382 e. The Balaban J connectivity index is 1.64. The van der Waals surface area contributed by atoms with Gasteiger partial charge in [0.15, 0.2) is 5.82 Å². The van der Waals surface area contributed by atoms with E-state index < -0.39 is 0 Å². The number of fused-ring (bicyclic) bond motifs is 1. The fourth-order valence-corrected chi connectivity index (χ4v) is 3.31. The maximum atomic E-state index is 5.91. The molecule has 0 aromatic carbocycles. The van der Waals surface area contributed by atoms with Crippen molar-refractivity contribution in [1.29, 1.82) is 0 Å². The smallest absolute Gasteiger partial charge is 0.222 e. The third kappa shape index (κ3) is 1.38. The van der Waals surface area contributed by atoms with Gasteiger partial charge < -0.3 is 11.5 Å². The zero-order chi connectivity index (χ0) is 12.3. The number of nitrogens with zero attached hydrogens (tertiary/aromatic N) is 4. The summed E-state index contributed by atoms with van der Waals surface area (Å²) in [5, 5.41) is 4.37. The Kier molecular flexibility index (Phi) is 1.76. The first-order valence-corrected chi connectivity index (χ1v) is 6.40. The Hall–Kier alpha value is -1.85. The molecule has 4 rings (SSSR count). The minimum atomic E-state index is 0.208. The lowest BCUT2D eigenvalue weighted by atomic mass is 9.72. The van der Waals surface area contributed by atoms with E-state index in [1.807, 2.05) is 4.68 Å². The molecule has 18 heavy (non-hydrogen) atoms. The van der Waals surface area contributed by atoms with E-state index in [4.69, 9.17) is 11.5 Å². The SMILES string of the molecule is Nc1nc(N)c2c(cnn2CC2CC3(CC3)C2)n1. The lowest BCUT2D eigenvalue weighted by Gasteiger charge is -2.35. The molecule has 0 saturated heterocycles. The van der Waals surface area contributed by atoms with Crippen molar-refractivity contribution in [2.24, 2.45) is 11.3 Å². The molecule has 2 aliphatic carbocycles. The van der Waals surface area contributed by atoms with E-state index in [0.717, 1.165) is 28.9 Å². The fourth-order valence-electron chi connectivity index (χ4n) is 3.31. The molecule has 6 heteroatoms. The van der Waals surface area contributed by atoms with Gasteiger partial charge in [-0.25, -0.2) is 4.98 Å². The van der Waals surface area contributed by atoms with Crippen LogP contribution >= 0.6 is 0 Å². The van der Waals surface area contributed by atoms with Gasteiger partial charge in [0.05, 0.1) is 6.20 Å². The van der Waals surface area contributed by atoms with Gasteiger partial charge in [-0.05, 0) is 37.0 Å². The first-order chi connectivity index (χ1) is 8.65. The first-order valence-electron chi connectivity index (χ1n) is 6.40. The van der Waals surface area contributed by atoms with Crippen LogP contribution in [-0.4, -0.2) is 19.7 Å². The molecule has 2 aromatic heterocycles. The first kappa shape index (κ1) is 10.1. The van der Waals surface area contributed by atoms with Crippen LogP contribution in [0.2, 0.25) is 0 Å². The summed E-state index contributed by atoms with van der Waals surface area (Å²) in [7, 11) is 0. The molecule has 0 radical (unpaired) electrons. The summed E-state index contributed by atoms with van der Waals surface area (Å²) in [6.07, 6.45) is 7.24. The van der Waals surface area contributed by atoms with Crippen molar-refractivity contribution in [3.8, 4) is 0 Å². The molecule has 0 atom stereocenters. The standard InChI is InChI=1S/C12H16N6/c13-10-9-8(16-11(14)17-10)5-15-18(9)6-7-3-12(4-7)1-2-12/h5,7H,1-4,6H2,(H4,13,14,16,17). The summed E-state index contributed by atoms with van der Waals surface area (Å²) in [6, 6.07) is 0. The van der Waals surface area contributed by atoms with Crippen molar-refractivity contribution in [1.82, 2.24) is 19.7 Å². The summed E-state index contributed by atoms with van der Waals surface area (Å²) < 4.78 is 1.93. The van der Waals surface area contributed by atoms with E-state index in [9.17, 15) is 0 Å². The van der Waals surface area contributed by atoms with Crippen LogP contribution < -0.4 is 11.5 Å². The Morgan fingerprint density at radius 1 is 1.28 bits per heavy atom. The zero-order valence-electron chi connectivity index (χ0n) is 10.1. The molecule has 2 heterocycles. The van der Waals surface area contributed by atoms with Crippen LogP contribution in [0.15, 0.2) is 6.20 Å². The second-order valence-electron chi connectivity index (χ2n) is 5.80. The van der Waals surface area contributed by atoms with Crippen LogP contribution in [0.4, 0.5) is 11.8 Å². The van der Waals surface area contributed by atoms with Gasteiger partial charge in [0.25, 0.3) is 0 Å².